The van der Waals surface area contributed by atoms with Gasteiger partial charge in [-0.25, -0.2) is 4.39 Å². The lowest BCUT2D eigenvalue weighted by Gasteiger charge is -2.23. The van der Waals surface area contributed by atoms with Crippen molar-refractivity contribution in [3.05, 3.63) is 35.1 Å². The van der Waals surface area contributed by atoms with E-state index in [1.165, 1.54) is 6.07 Å². The number of amides is 1. The number of nitrogens with zero attached hydrogens (tertiary/aromatic N) is 1. The Morgan fingerprint density at radius 2 is 2.28 bits per heavy atom. The van der Waals surface area contributed by atoms with Crippen LogP contribution in [0, 0.1) is 12.7 Å². The quantitative estimate of drug-likeness (QED) is 0.896. The molecule has 1 unspecified atom stereocenters. The summed E-state index contributed by atoms with van der Waals surface area (Å²) in [4.78, 5) is 13.9. The third-order valence-electron chi connectivity index (χ3n) is 3.26. The molecule has 1 aliphatic rings. The second-order valence-corrected chi connectivity index (χ2v) is 4.51. The van der Waals surface area contributed by atoms with Crippen LogP contribution < -0.4 is 5.73 Å². The van der Waals surface area contributed by atoms with Crippen molar-refractivity contribution in [1.29, 1.82) is 0 Å². The van der Waals surface area contributed by atoms with Crippen molar-refractivity contribution in [1.82, 2.24) is 4.90 Å². The molecule has 1 fully saturated rings. The lowest BCUT2D eigenvalue weighted by Crippen LogP contribution is -2.40. The Labute approximate surface area is 113 Å². The average molecular weight is 273 g/mol. The SMILES string of the molecule is Cc1ccc(F)c(C(=O)N2CCCC2CN)c1.Cl. The van der Waals surface area contributed by atoms with Gasteiger partial charge < -0.3 is 10.6 Å². The van der Waals surface area contributed by atoms with Crippen molar-refractivity contribution in [2.24, 2.45) is 5.73 Å². The van der Waals surface area contributed by atoms with Crippen LogP contribution in [0.15, 0.2) is 18.2 Å². The smallest absolute Gasteiger partial charge is 0.257 e. The Balaban J connectivity index is 0.00000162. The summed E-state index contributed by atoms with van der Waals surface area (Å²) in [6, 6.07) is 4.67. The lowest BCUT2D eigenvalue weighted by atomic mass is 10.1. The normalized spacial score (nSPS) is 18.6. The van der Waals surface area contributed by atoms with Crippen LogP contribution in [0.5, 0.6) is 0 Å². The van der Waals surface area contributed by atoms with Crippen LogP contribution >= 0.6 is 12.4 Å². The topological polar surface area (TPSA) is 46.3 Å². The zero-order valence-corrected chi connectivity index (χ0v) is 11.2. The highest BCUT2D eigenvalue weighted by atomic mass is 35.5. The fourth-order valence-corrected chi connectivity index (χ4v) is 2.31. The number of halogens is 2. The standard InChI is InChI=1S/C13H17FN2O.ClH/c1-9-4-5-12(14)11(7-9)13(17)16-6-2-3-10(16)8-15;/h4-5,7,10H,2-3,6,8,15H2,1H3;1H. The van der Waals surface area contributed by atoms with Gasteiger partial charge in [0.1, 0.15) is 5.82 Å². The predicted octanol–water partition coefficient (Wildman–Crippen LogP) is 2.12. The minimum Gasteiger partial charge on any atom is -0.334 e. The molecule has 1 heterocycles. The van der Waals surface area contributed by atoms with E-state index in [-0.39, 0.29) is 29.9 Å². The van der Waals surface area contributed by atoms with Crippen LogP contribution in [0.4, 0.5) is 4.39 Å². The number of carbonyl (C=O) groups excluding carboxylic acids is 1. The number of aryl methyl sites for hydroxylation is 1. The van der Waals surface area contributed by atoms with Crippen LogP contribution in [-0.4, -0.2) is 29.9 Å². The highest BCUT2D eigenvalue weighted by Gasteiger charge is 2.29. The number of hydrogen-bond acceptors (Lipinski definition) is 2. The average Bonchev–Trinajstić information content (AvgIpc) is 2.79. The second-order valence-electron chi connectivity index (χ2n) is 4.51. The molecule has 0 aromatic heterocycles. The molecular weight excluding hydrogens is 255 g/mol. The Bertz CT molecular complexity index is 439. The van der Waals surface area contributed by atoms with Gasteiger partial charge in [0.2, 0.25) is 0 Å². The molecule has 100 valence electrons. The summed E-state index contributed by atoms with van der Waals surface area (Å²) in [5.74, 6) is -0.692. The van der Waals surface area contributed by atoms with E-state index in [4.69, 9.17) is 5.73 Å². The Hall–Kier alpha value is -1.13. The maximum atomic E-state index is 13.6. The number of rotatable bonds is 2. The van der Waals surface area contributed by atoms with Gasteiger partial charge in [-0.2, -0.15) is 0 Å². The molecule has 0 saturated carbocycles. The van der Waals surface area contributed by atoms with Crippen molar-refractivity contribution in [3.8, 4) is 0 Å². The lowest BCUT2D eigenvalue weighted by molar-refractivity contribution is 0.0736. The Morgan fingerprint density at radius 1 is 1.56 bits per heavy atom. The van der Waals surface area contributed by atoms with Crippen LogP contribution in [0.1, 0.15) is 28.8 Å². The first kappa shape index (κ1) is 14.9. The van der Waals surface area contributed by atoms with Crippen LogP contribution in [0.25, 0.3) is 0 Å². The largest absolute Gasteiger partial charge is 0.334 e. The first-order valence-corrected chi connectivity index (χ1v) is 5.90. The van der Waals surface area contributed by atoms with Crippen LogP contribution in [0.2, 0.25) is 0 Å². The highest BCUT2D eigenvalue weighted by Crippen LogP contribution is 2.21. The van der Waals surface area contributed by atoms with E-state index in [2.05, 4.69) is 0 Å². The van der Waals surface area contributed by atoms with Gasteiger partial charge in [-0.3, -0.25) is 4.79 Å². The van der Waals surface area contributed by atoms with Crippen molar-refractivity contribution in [3.63, 3.8) is 0 Å². The molecule has 1 aliphatic heterocycles. The maximum Gasteiger partial charge on any atom is 0.257 e. The minimum absolute atomic E-state index is 0. The zero-order valence-electron chi connectivity index (χ0n) is 10.4. The molecule has 0 spiro atoms. The molecule has 1 atom stereocenters. The summed E-state index contributed by atoms with van der Waals surface area (Å²) in [6.45, 7) is 2.97. The molecular formula is C13H18ClFN2O. The van der Waals surface area contributed by atoms with Crippen LogP contribution in [0.3, 0.4) is 0 Å². The molecule has 3 nitrogen and oxygen atoms in total. The first-order chi connectivity index (χ1) is 8.13. The van der Waals surface area contributed by atoms with E-state index in [1.807, 2.05) is 6.92 Å². The van der Waals surface area contributed by atoms with Gasteiger partial charge in [0.25, 0.3) is 5.91 Å². The monoisotopic (exact) mass is 272 g/mol. The molecule has 5 heteroatoms. The van der Waals surface area contributed by atoms with Crippen molar-refractivity contribution in [2.45, 2.75) is 25.8 Å². The summed E-state index contributed by atoms with van der Waals surface area (Å²) in [5, 5.41) is 0. The van der Waals surface area contributed by atoms with E-state index in [0.717, 1.165) is 18.4 Å². The molecule has 0 aliphatic carbocycles. The summed E-state index contributed by atoms with van der Waals surface area (Å²) in [6.07, 6.45) is 1.86. The van der Waals surface area contributed by atoms with Crippen molar-refractivity contribution >= 4 is 18.3 Å². The zero-order chi connectivity index (χ0) is 12.4. The van der Waals surface area contributed by atoms with Gasteiger partial charge in [0, 0.05) is 19.1 Å². The van der Waals surface area contributed by atoms with E-state index >= 15 is 0 Å². The highest BCUT2D eigenvalue weighted by molar-refractivity contribution is 5.95. The molecule has 1 aromatic rings. The third kappa shape index (κ3) is 2.82. The number of nitrogens with two attached hydrogens (primary N) is 1. The first-order valence-electron chi connectivity index (χ1n) is 5.90. The fourth-order valence-electron chi connectivity index (χ4n) is 2.31. The minimum atomic E-state index is -0.455. The molecule has 2 N–H and O–H groups in total. The molecule has 1 amide bonds. The predicted molar refractivity (Wildman–Crippen MR) is 71.5 cm³/mol. The van der Waals surface area contributed by atoms with E-state index in [0.29, 0.717) is 13.1 Å². The Kier molecular flexibility index (Phi) is 5.11. The molecule has 0 bridgehead atoms. The van der Waals surface area contributed by atoms with Gasteiger partial charge in [-0.15, -0.1) is 12.4 Å². The van der Waals surface area contributed by atoms with Gasteiger partial charge >= 0.3 is 0 Å². The van der Waals surface area contributed by atoms with E-state index in [1.54, 1.807) is 17.0 Å². The number of benzene rings is 1. The van der Waals surface area contributed by atoms with Crippen molar-refractivity contribution in [2.75, 3.05) is 13.1 Å². The van der Waals surface area contributed by atoms with E-state index < -0.39 is 5.82 Å². The number of hydrogen-bond donors (Lipinski definition) is 1. The van der Waals surface area contributed by atoms with Crippen LogP contribution in [-0.2, 0) is 0 Å². The summed E-state index contributed by atoms with van der Waals surface area (Å²) in [7, 11) is 0. The Morgan fingerprint density at radius 3 is 2.94 bits per heavy atom. The number of likely N-dealkylation sites (tertiary alicyclic amines) is 1. The summed E-state index contributed by atoms with van der Waals surface area (Å²) in [5.41, 5.74) is 6.67. The molecule has 1 aromatic carbocycles. The van der Waals surface area contributed by atoms with Gasteiger partial charge in [0.15, 0.2) is 0 Å². The van der Waals surface area contributed by atoms with Gasteiger partial charge in [-0.05, 0) is 31.9 Å². The molecule has 2 rings (SSSR count). The van der Waals surface area contributed by atoms with Gasteiger partial charge in [-0.1, -0.05) is 11.6 Å². The summed E-state index contributed by atoms with van der Waals surface area (Å²) < 4.78 is 13.6. The maximum absolute atomic E-state index is 13.6. The number of carbonyl (C=O) groups is 1. The van der Waals surface area contributed by atoms with Gasteiger partial charge in [0.05, 0.1) is 5.56 Å². The van der Waals surface area contributed by atoms with E-state index in [9.17, 15) is 9.18 Å². The fraction of sp³-hybridized carbons (Fsp3) is 0.462. The summed E-state index contributed by atoms with van der Waals surface area (Å²) >= 11 is 0. The third-order valence-corrected chi connectivity index (χ3v) is 3.26. The van der Waals surface area contributed by atoms with Crippen molar-refractivity contribution < 1.29 is 9.18 Å². The second kappa shape index (κ2) is 6.16. The molecule has 1 saturated heterocycles. The molecule has 18 heavy (non-hydrogen) atoms. The molecule has 0 radical (unpaired) electrons.